The van der Waals surface area contributed by atoms with Crippen molar-refractivity contribution >= 4 is 27.8 Å². The van der Waals surface area contributed by atoms with E-state index < -0.39 is 0 Å². The molecule has 4 aromatic rings. The van der Waals surface area contributed by atoms with Crippen molar-refractivity contribution in [2.24, 2.45) is 0 Å². The Morgan fingerprint density at radius 1 is 0.793 bits per heavy atom. The van der Waals surface area contributed by atoms with Crippen molar-refractivity contribution < 1.29 is 0 Å². The molecule has 0 saturated heterocycles. The van der Waals surface area contributed by atoms with E-state index in [1.165, 1.54) is 55.7 Å². The maximum atomic E-state index is 2.49. The third-order valence-electron chi connectivity index (χ3n) is 6.94. The molecule has 0 spiro atoms. The zero-order chi connectivity index (χ0) is 19.7. The van der Waals surface area contributed by atoms with E-state index in [0.717, 1.165) is 6.42 Å². The van der Waals surface area contributed by atoms with Gasteiger partial charge < -0.3 is 9.80 Å². The molecule has 142 valence electrons. The Morgan fingerprint density at radius 3 is 2.41 bits per heavy atom. The topological polar surface area (TPSA) is 6.48 Å². The number of para-hydroxylation sites is 2. The molecule has 6 rings (SSSR count). The third kappa shape index (κ3) is 2.17. The first-order valence-corrected chi connectivity index (χ1v) is 10.4. The molecule has 1 atom stereocenters. The minimum Gasteiger partial charge on any atom is -0.353 e. The van der Waals surface area contributed by atoms with Gasteiger partial charge in [-0.05, 0) is 77.1 Å². The summed E-state index contributed by atoms with van der Waals surface area (Å²) in [6.45, 7) is 4.59. The summed E-state index contributed by atoms with van der Waals surface area (Å²) in [7, 11) is 2.19. The van der Waals surface area contributed by atoms with Gasteiger partial charge in [0.15, 0.2) is 0 Å². The summed E-state index contributed by atoms with van der Waals surface area (Å²) in [6, 6.07) is 26.8. The quantitative estimate of drug-likeness (QED) is 0.323. The highest BCUT2D eigenvalue weighted by Crippen LogP contribution is 2.48. The zero-order valence-electron chi connectivity index (χ0n) is 17.1. The highest BCUT2D eigenvalue weighted by atomic mass is 15.4. The average Bonchev–Trinajstić information content (AvgIpc) is 3.26. The van der Waals surface area contributed by atoms with Crippen molar-refractivity contribution in [1.29, 1.82) is 0 Å². The molecule has 1 aliphatic heterocycles. The van der Waals surface area contributed by atoms with Gasteiger partial charge in [0, 0.05) is 12.7 Å². The lowest BCUT2D eigenvalue weighted by atomic mass is 9.96. The molecule has 29 heavy (non-hydrogen) atoms. The molecule has 2 aliphatic rings. The van der Waals surface area contributed by atoms with Gasteiger partial charge in [0.1, 0.15) is 6.17 Å². The summed E-state index contributed by atoms with van der Waals surface area (Å²) in [4.78, 5) is 4.86. The largest absolute Gasteiger partial charge is 0.353 e. The minimum absolute atomic E-state index is 0.300. The molecule has 4 aromatic carbocycles. The fourth-order valence-corrected chi connectivity index (χ4v) is 5.31. The first-order chi connectivity index (χ1) is 14.1. The predicted molar refractivity (Wildman–Crippen MR) is 123 cm³/mol. The Morgan fingerprint density at radius 2 is 1.55 bits per heavy atom. The number of benzene rings is 4. The molecule has 0 aromatic heterocycles. The lowest BCUT2D eigenvalue weighted by molar-refractivity contribution is 0.732. The minimum atomic E-state index is 0.300. The second-order valence-corrected chi connectivity index (χ2v) is 8.33. The number of hydrogen-bond donors (Lipinski definition) is 0. The van der Waals surface area contributed by atoms with Crippen molar-refractivity contribution in [2.45, 2.75) is 26.4 Å². The van der Waals surface area contributed by atoms with Crippen LogP contribution in [-0.2, 0) is 6.42 Å². The molecule has 0 amide bonds. The van der Waals surface area contributed by atoms with Crippen LogP contribution in [-0.4, -0.2) is 13.2 Å². The van der Waals surface area contributed by atoms with E-state index in [1.807, 2.05) is 0 Å². The predicted octanol–water partition coefficient (Wildman–Crippen LogP) is 6.65. The van der Waals surface area contributed by atoms with Gasteiger partial charge in [-0.15, -0.1) is 0 Å². The molecule has 2 nitrogen and oxygen atoms in total. The number of nitrogens with zero attached hydrogens (tertiary/aromatic N) is 2. The van der Waals surface area contributed by atoms with Gasteiger partial charge in [0.05, 0.1) is 11.4 Å². The third-order valence-corrected chi connectivity index (χ3v) is 6.94. The summed E-state index contributed by atoms with van der Waals surface area (Å²) in [5, 5.41) is 2.69. The molecule has 2 heteroatoms. The van der Waals surface area contributed by atoms with E-state index in [2.05, 4.69) is 103 Å². The molecule has 1 heterocycles. The van der Waals surface area contributed by atoms with Crippen LogP contribution >= 0.6 is 0 Å². The van der Waals surface area contributed by atoms with Gasteiger partial charge >= 0.3 is 0 Å². The van der Waals surface area contributed by atoms with Crippen LogP contribution in [0.1, 0.15) is 23.6 Å². The van der Waals surface area contributed by atoms with Crippen LogP contribution in [0.3, 0.4) is 0 Å². The molecule has 0 saturated carbocycles. The molecule has 1 aliphatic carbocycles. The van der Waals surface area contributed by atoms with Crippen molar-refractivity contribution in [2.75, 3.05) is 16.8 Å². The van der Waals surface area contributed by atoms with E-state index in [9.17, 15) is 0 Å². The second kappa shape index (κ2) is 5.87. The summed E-state index contributed by atoms with van der Waals surface area (Å²) >= 11 is 0. The van der Waals surface area contributed by atoms with Gasteiger partial charge in [-0.1, -0.05) is 54.6 Å². The van der Waals surface area contributed by atoms with Gasteiger partial charge in [-0.2, -0.15) is 0 Å². The van der Waals surface area contributed by atoms with Crippen LogP contribution in [0.15, 0.2) is 72.8 Å². The fraction of sp³-hybridized carbons (Fsp3) is 0.185. The lowest BCUT2D eigenvalue weighted by Gasteiger charge is -2.30. The number of anilines is 3. The SMILES string of the molecule is Cc1c(N2c3ccccc3N(C)[C@@H]2C)ccc2c1Cc1ccc3ccccc3c1-2. The van der Waals surface area contributed by atoms with Crippen molar-refractivity contribution in [3.8, 4) is 11.1 Å². The van der Waals surface area contributed by atoms with Crippen LogP contribution in [0.4, 0.5) is 17.1 Å². The molecule has 0 bridgehead atoms. The Hall–Kier alpha value is -3.26. The van der Waals surface area contributed by atoms with Gasteiger partial charge in [-0.3, -0.25) is 0 Å². The maximum absolute atomic E-state index is 2.49. The molecule has 0 radical (unpaired) electrons. The summed E-state index contributed by atoms with van der Waals surface area (Å²) < 4.78 is 0. The van der Waals surface area contributed by atoms with Crippen molar-refractivity contribution in [3.63, 3.8) is 0 Å². The Bertz CT molecular complexity index is 1290. The van der Waals surface area contributed by atoms with E-state index in [0.29, 0.717) is 6.17 Å². The van der Waals surface area contributed by atoms with Gasteiger partial charge in [0.2, 0.25) is 0 Å². The van der Waals surface area contributed by atoms with Crippen LogP contribution in [0.5, 0.6) is 0 Å². The summed E-state index contributed by atoms with van der Waals surface area (Å²) in [5.41, 5.74) is 11.1. The average molecular weight is 377 g/mol. The molecule has 0 N–H and O–H groups in total. The molecule has 0 unspecified atom stereocenters. The molecule has 0 fully saturated rings. The van der Waals surface area contributed by atoms with E-state index in [-0.39, 0.29) is 0 Å². The van der Waals surface area contributed by atoms with Crippen LogP contribution in [0, 0.1) is 6.92 Å². The Balaban J connectivity index is 1.54. The fourth-order valence-electron chi connectivity index (χ4n) is 5.31. The highest BCUT2D eigenvalue weighted by Gasteiger charge is 2.33. The van der Waals surface area contributed by atoms with Gasteiger partial charge in [-0.25, -0.2) is 0 Å². The first-order valence-electron chi connectivity index (χ1n) is 10.4. The smallest absolute Gasteiger partial charge is 0.103 e. The van der Waals surface area contributed by atoms with Crippen molar-refractivity contribution in [3.05, 3.63) is 89.5 Å². The normalized spacial score (nSPS) is 16.9. The zero-order valence-corrected chi connectivity index (χ0v) is 17.1. The number of hydrogen-bond acceptors (Lipinski definition) is 2. The summed E-state index contributed by atoms with van der Waals surface area (Å²) in [5.74, 6) is 0. The Labute approximate surface area is 172 Å². The van der Waals surface area contributed by atoms with E-state index in [1.54, 1.807) is 0 Å². The highest BCUT2D eigenvalue weighted by molar-refractivity contribution is 6.02. The van der Waals surface area contributed by atoms with E-state index >= 15 is 0 Å². The maximum Gasteiger partial charge on any atom is 0.103 e. The Kier molecular flexibility index (Phi) is 3.37. The number of fused-ring (bicyclic) bond motifs is 6. The molecular formula is C27H24N2. The monoisotopic (exact) mass is 376 g/mol. The first kappa shape index (κ1) is 16.7. The van der Waals surface area contributed by atoms with Crippen LogP contribution in [0.25, 0.3) is 21.9 Å². The molecular weight excluding hydrogens is 352 g/mol. The number of rotatable bonds is 1. The van der Waals surface area contributed by atoms with Gasteiger partial charge in [0.25, 0.3) is 0 Å². The van der Waals surface area contributed by atoms with Crippen LogP contribution in [0.2, 0.25) is 0 Å². The van der Waals surface area contributed by atoms with Crippen LogP contribution < -0.4 is 9.80 Å². The van der Waals surface area contributed by atoms with Crippen molar-refractivity contribution in [1.82, 2.24) is 0 Å². The standard InChI is InChI=1S/C27H24N2/c1-17-23-16-20-13-12-19-8-4-5-9-21(19)27(20)22(23)14-15-24(17)29-18(2)28(3)25-10-6-7-11-26(25)29/h4-15,18H,16H2,1-3H3/t18-/m0/s1. The second-order valence-electron chi connectivity index (χ2n) is 8.33. The summed E-state index contributed by atoms with van der Waals surface area (Å²) in [6.07, 6.45) is 1.32. The van der Waals surface area contributed by atoms with E-state index in [4.69, 9.17) is 0 Å². The lowest BCUT2D eigenvalue weighted by Crippen LogP contribution is -2.36.